The molecule has 1 aliphatic rings. The highest BCUT2D eigenvalue weighted by Crippen LogP contribution is 2.14. The van der Waals surface area contributed by atoms with Gasteiger partial charge in [-0.1, -0.05) is 12.0 Å². The molecule has 0 saturated carbocycles. The Hall–Kier alpha value is -0.740. The minimum absolute atomic E-state index is 0.300. The zero-order valence-electron chi connectivity index (χ0n) is 6.84. The Morgan fingerprint density at radius 2 is 2.45 bits per heavy atom. The van der Waals surface area contributed by atoms with E-state index in [1.54, 1.807) is 0 Å². The largest absolute Gasteiger partial charge is 0.301 e. The van der Waals surface area contributed by atoms with E-state index < -0.39 is 0 Å². The Morgan fingerprint density at radius 3 is 3.09 bits per heavy atom. The fourth-order valence-electron chi connectivity index (χ4n) is 1.54. The third-order valence-corrected chi connectivity index (χ3v) is 2.13. The lowest BCUT2D eigenvalue weighted by atomic mass is 9.97. The molecule has 1 fully saturated rings. The normalized spacial score (nSPS) is 30.8. The van der Waals surface area contributed by atoms with E-state index in [1.807, 2.05) is 6.08 Å². The maximum absolute atomic E-state index is 5.32. The van der Waals surface area contributed by atoms with Crippen molar-refractivity contribution in [2.75, 3.05) is 0 Å². The van der Waals surface area contributed by atoms with Gasteiger partial charge in [-0.3, -0.25) is 0 Å². The number of nitrogens with one attached hydrogen (secondary N) is 1. The van der Waals surface area contributed by atoms with E-state index in [9.17, 15) is 0 Å². The smallest absolute Gasteiger partial charge is 0.0689 e. The van der Waals surface area contributed by atoms with Gasteiger partial charge in [0.25, 0.3) is 0 Å². The third-order valence-electron chi connectivity index (χ3n) is 2.13. The molecule has 1 aliphatic heterocycles. The first-order valence-electron chi connectivity index (χ1n) is 4.20. The highest BCUT2D eigenvalue weighted by Gasteiger charge is 2.17. The third kappa shape index (κ3) is 2.40. The predicted octanol–water partition coefficient (Wildman–Crippen LogP) is 1.71. The van der Waals surface area contributed by atoms with Crippen molar-refractivity contribution in [3.05, 3.63) is 12.7 Å². The number of hydrogen-bond donors (Lipinski definition) is 1. The molecular weight excluding hydrogens is 134 g/mol. The number of hydrogen-bond acceptors (Lipinski definition) is 1. The van der Waals surface area contributed by atoms with Crippen LogP contribution in [0.3, 0.4) is 0 Å². The Morgan fingerprint density at radius 1 is 1.64 bits per heavy atom. The second-order valence-electron chi connectivity index (χ2n) is 3.04. The van der Waals surface area contributed by atoms with E-state index in [4.69, 9.17) is 6.42 Å². The SMILES string of the molecule is C#CC1CCCC(CC=C)N1. The van der Waals surface area contributed by atoms with E-state index in [2.05, 4.69) is 17.8 Å². The van der Waals surface area contributed by atoms with E-state index in [0.717, 1.165) is 12.8 Å². The summed E-state index contributed by atoms with van der Waals surface area (Å²) in [4.78, 5) is 0. The molecule has 0 bridgehead atoms. The van der Waals surface area contributed by atoms with Gasteiger partial charge < -0.3 is 5.32 Å². The summed E-state index contributed by atoms with van der Waals surface area (Å²) in [7, 11) is 0. The van der Waals surface area contributed by atoms with Crippen LogP contribution >= 0.6 is 0 Å². The van der Waals surface area contributed by atoms with Crippen molar-refractivity contribution in [2.45, 2.75) is 37.8 Å². The second-order valence-corrected chi connectivity index (χ2v) is 3.04. The minimum Gasteiger partial charge on any atom is -0.301 e. The Balaban J connectivity index is 2.34. The zero-order chi connectivity index (χ0) is 8.10. The number of piperidine rings is 1. The Bertz CT molecular complexity index is 166. The summed E-state index contributed by atoms with van der Waals surface area (Å²) in [6, 6.07) is 0.871. The fourth-order valence-corrected chi connectivity index (χ4v) is 1.54. The van der Waals surface area contributed by atoms with Gasteiger partial charge in [0.15, 0.2) is 0 Å². The summed E-state index contributed by atoms with van der Waals surface area (Å²) in [6.07, 6.45) is 11.9. The summed E-state index contributed by atoms with van der Waals surface area (Å²) in [5.74, 6) is 2.75. The molecule has 2 unspecified atom stereocenters. The summed E-state index contributed by atoms with van der Waals surface area (Å²) in [5, 5.41) is 3.40. The molecule has 1 nitrogen and oxygen atoms in total. The molecule has 1 heteroatoms. The van der Waals surface area contributed by atoms with Gasteiger partial charge in [0.2, 0.25) is 0 Å². The lowest BCUT2D eigenvalue weighted by Gasteiger charge is -2.27. The maximum atomic E-state index is 5.32. The summed E-state index contributed by atoms with van der Waals surface area (Å²) in [5.41, 5.74) is 0. The molecule has 0 radical (unpaired) electrons. The van der Waals surface area contributed by atoms with E-state index in [-0.39, 0.29) is 0 Å². The van der Waals surface area contributed by atoms with Crippen molar-refractivity contribution in [1.82, 2.24) is 5.32 Å². The molecule has 0 aromatic carbocycles. The van der Waals surface area contributed by atoms with E-state index in [0.29, 0.717) is 12.1 Å². The lowest BCUT2D eigenvalue weighted by Crippen LogP contribution is -2.40. The van der Waals surface area contributed by atoms with Crippen LogP contribution in [-0.4, -0.2) is 12.1 Å². The molecule has 0 aromatic rings. The van der Waals surface area contributed by atoms with Gasteiger partial charge >= 0.3 is 0 Å². The van der Waals surface area contributed by atoms with Crippen LogP contribution in [0.5, 0.6) is 0 Å². The van der Waals surface area contributed by atoms with Crippen molar-refractivity contribution < 1.29 is 0 Å². The van der Waals surface area contributed by atoms with Crippen molar-refractivity contribution in [3.8, 4) is 12.3 Å². The molecule has 0 amide bonds. The van der Waals surface area contributed by atoms with Crippen LogP contribution in [0.25, 0.3) is 0 Å². The topological polar surface area (TPSA) is 12.0 Å². The van der Waals surface area contributed by atoms with Crippen LogP contribution in [0, 0.1) is 12.3 Å². The van der Waals surface area contributed by atoms with Gasteiger partial charge in [-0.2, -0.15) is 0 Å². The van der Waals surface area contributed by atoms with Crippen molar-refractivity contribution in [3.63, 3.8) is 0 Å². The minimum atomic E-state index is 0.300. The molecule has 0 spiro atoms. The highest BCUT2D eigenvalue weighted by molar-refractivity contribution is 5.02. The van der Waals surface area contributed by atoms with Gasteiger partial charge in [0, 0.05) is 6.04 Å². The average Bonchev–Trinajstić information content (AvgIpc) is 2.06. The Kier molecular flexibility index (Phi) is 3.19. The fraction of sp³-hybridized carbons (Fsp3) is 0.600. The molecule has 1 saturated heterocycles. The van der Waals surface area contributed by atoms with Crippen LogP contribution in [0.1, 0.15) is 25.7 Å². The molecule has 2 atom stereocenters. The van der Waals surface area contributed by atoms with Gasteiger partial charge in [-0.25, -0.2) is 0 Å². The maximum Gasteiger partial charge on any atom is 0.0689 e. The van der Waals surface area contributed by atoms with Crippen LogP contribution in [0.2, 0.25) is 0 Å². The lowest BCUT2D eigenvalue weighted by molar-refractivity contribution is 0.364. The van der Waals surface area contributed by atoms with Crippen molar-refractivity contribution in [2.24, 2.45) is 0 Å². The van der Waals surface area contributed by atoms with Gasteiger partial charge in [-0.05, 0) is 25.7 Å². The molecule has 1 heterocycles. The first-order valence-corrected chi connectivity index (χ1v) is 4.20. The summed E-state index contributed by atoms with van der Waals surface area (Å²) >= 11 is 0. The first-order chi connectivity index (χ1) is 5.36. The average molecular weight is 149 g/mol. The predicted molar refractivity (Wildman–Crippen MR) is 48.2 cm³/mol. The van der Waals surface area contributed by atoms with Crippen LogP contribution in [0.15, 0.2) is 12.7 Å². The van der Waals surface area contributed by atoms with Crippen LogP contribution in [0.4, 0.5) is 0 Å². The Labute approximate surface area is 68.9 Å². The number of terminal acetylenes is 1. The summed E-state index contributed by atoms with van der Waals surface area (Å²) < 4.78 is 0. The first kappa shape index (κ1) is 8.36. The van der Waals surface area contributed by atoms with Crippen LogP contribution in [-0.2, 0) is 0 Å². The van der Waals surface area contributed by atoms with Gasteiger partial charge in [-0.15, -0.1) is 13.0 Å². The molecule has 60 valence electrons. The molecule has 0 aromatic heterocycles. The van der Waals surface area contributed by atoms with Crippen molar-refractivity contribution >= 4 is 0 Å². The van der Waals surface area contributed by atoms with Crippen molar-refractivity contribution in [1.29, 1.82) is 0 Å². The van der Waals surface area contributed by atoms with Gasteiger partial charge in [0.1, 0.15) is 0 Å². The van der Waals surface area contributed by atoms with Gasteiger partial charge in [0.05, 0.1) is 6.04 Å². The quantitative estimate of drug-likeness (QED) is 0.465. The van der Waals surface area contributed by atoms with Crippen LogP contribution < -0.4 is 5.32 Å². The highest BCUT2D eigenvalue weighted by atomic mass is 15.0. The molecule has 11 heavy (non-hydrogen) atoms. The molecular formula is C10H15N. The number of rotatable bonds is 2. The molecule has 0 aliphatic carbocycles. The zero-order valence-corrected chi connectivity index (χ0v) is 6.84. The molecule has 1 N–H and O–H groups in total. The van der Waals surface area contributed by atoms with E-state index in [1.165, 1.54) is 12.8 Å². The summed E-state index contributed by atoms with van der Waals surface area (Å²) in [6.45, 7) is 3.71. The second kappa shape index (κ2) is 4.20. The van der Waals surface area contributed by atoms with E-state index >= 15 is 0 Å². The monoisotopic (exact) mass is 149 g/mol. The molecule has 1 rings (SSSR count). The standard InChI is InChI=1S/C10H15N/c1-3-6-10-8-5-7-9(4-2)11-10/h2-3,9-11H,1,5-8H2.